The summed E-state index contributed by atoms with van der Waals surface area (Å²) in [6.07, 6.45) is 2.67. The normalized spacial score (nSPS) is 10.2. The van der Waals surface area contributed by atoms with Crippen molar-refractivity contribution in [2.24, 2.45) is 0 Å². The van der Waals surface area contributed by atoms with Gasteiger partial charge in [-0.1, -0.05) is 24.3 Å². The average Bonchev–Trinajstić information content (AvgIpc) is 3.08. The van der Waals surface area contributed by atoms with Crippen LogP contribution in [0.15, 0.2) is 61.2 Å². The fourth-order valence-corrected chi connectivity index (χ4v) is 2.08. The van der Waals surface area contributed by atoms with Gasteiger partial charge in [-0.15, -0.1) is 10.2 Å². The first-order valence-electron chi connectivity index (χ1n) is 6.99. The molecule has 0 fully saturated rings. The molecule has 2 aromatic carbocycles. The van der Waals surface area contributed by atoms with E-state index in [0.717, 1.165) is 0 Å². The van der Waals surface area contributed by atoms with Crippen molar-refractivity contribution < 1.29 is 14.7 Å². The fourth-order valence-electron chi connectivity index (χ4n) is 2.08. The van der Waals surface area contributed by atoms with Crippen LogP contribution in [0.3, 0.4) is 0 Å². The van der Waals surface area contributed by atoms with E-state index in [1.165, 1.54) is 29.5 Å². The van der Waals surface area contributed by atoms with Gasteiger partial charge in [-0.25, -0.2) is 4.68 Å². The molecule has 1 aromatic heterocycles. The molecule has 0 saturated heterocycles. The van der Waals surface area contributed by atoms with E-state index in [1.54, 1.807) is 36.4 Å². The highest BCUT2D eigenvalue weighted by Gasteiger charge is 2.16. The maximum atomic E-state index is 12.3. The molecule has 120 valence electrons. The van der Waals surface area contributed by atoms with Gasteiger partial charge in [-0.05, 0) is 24.3 Å². The van der Waals surface area contributed by atoms with Crippen molar-refractivity contribution in [3.8, 4) is 5.75 Å². The zero-order valence-corrected chi connectivity index (χ0v) is 12.4. The lowest BCUT2D eigenvalue weighted by Gasteiger charge is -2.12. The van der Waals surface area contributed by atoms with Crippen molar-refractivity contribution in [3.05, 3.63) is 72.3 Å². The number of phenolic OH excluding ortho intramolecular Hbond substituents is 1. The number of aromatic nitrogens is 3. The number of para-hydroxylation sites is 2. The molecule has 0 spiro atoms. The summed E-state index contributed by atoms with van der Waals surface area (Å²) in [6, 6.07) is 12.7. The van der Waals surface area contributed by atoms with E-state index in [-0.39, 0.29) is 16.9 Å². The number of phenols is 1. The number of carbonyl (C=O) groups excluding carboxylic acids is 2. The number of rotatable bonds is 4. The zero-order valence-electron chi connectivity index (χ0n) is 12.4. The molecule has 0 aliphatic rings. The molecule has 2 amide bonds. The molecule has 0 bridgehead atoms. The Labute approximate surface area is 136 Å². The van der Waals surface area contributed by atoms with Crippen molar-refractivity contribution in [3.63, 3.8) is 0 Å². The Bertz CT molecular complexity index is 877. The zero-order chi connectivity index (χ0) is 16.9. The fraction of sp³-hybridized carbons (Fsp3) is 0. The number of aromatic hydroxyl groups is 1. The first-order chi connectivity index (χ1) is 11.6. The van der Waals surface area contributed by atoms with E-state index in [0.29, 0.717) is 5.69 Å². The number of benzene rings is 2. The van der Waals surface area contributed by atoms with E-state index >= 15 is 0 Å². The van der Waals surface area contributed by atoms with Gasteiger partial charge in [0.1, 0.15) is 18.4 Å². The Kier molecular flexibility index (Phi) is 4.19. The molecule has 0 aliphatic carbocycles. The van der Waals surface area contributed by atoms with Crippen LogP contribution >= 0.6 is 0 Å². The maximum absolute atomic E-state index is 12.3. The van der Waals surface area contributed by atoms with Gasteiger partial charge in [-0.2, -0.15) is 0 Å². The molecule has 8 nitrogen and oxygen atoms in total. The summed E-state index contributed by atoms with van der Waals surface area (Å²) >= 11 is 0. The summed E-state index contributed by atoms with van der Waals surface area (Å²) in [5, 5.41) is 19.6. The van der Waals surface area contributed by atoms with Crippen LogP contribution in [-0.2, 0) is 0 Å². The maximum Gasteiger partial charge on any atom is 0.272 e. The lowest BCUT2D eigenvalue weighted by atomic mass is 10.1. The molecular formula is C16H13N5O3. The lowest BCUT2D eigenvalue weighted by molar-refractivity contribution is 0.101. The van der Waals surface area contributed by atoms with Gasteiger partial charge < -0.3 is 10.4 Å². The number of carbonyl (C=O) groups is 2. The van der Waals surface area contributed by atoms with Gasteiger partial charge in [0, 0.05) is 0 Å². The van der Waals surface area contributed by atoms with E-state index in [4.69, 9.17) is 0 Å². The highest BCUT2D eigenvalue weighted by molar-refractivity contribution is 6.11. The molecule has 0 unspecified atom stereocenters. The van der Waals surface area contributed by atoms with Crippen molar-refractivity contribution in [1.82, 2.24) is 14.9 Å². The number of amides is 2. The van der Waals surface area contributed by atoms with Gasteiger partial charge in [0.15, 0.2) is 0 Å². The molecule has 0 atom stereocenters. The number of hydrogen-bond donors (Lipinski definition) is 3. The largest absolute Gasteiger partial charge is 0.507 e. The molecule has 0 saturated carbocycles. The number of nitrogens with one attached hydrogen (secondary N) is 2. The van der Waals surface area contributed by atoms with Crippen LogP contribution in [-0.4, -0.2) is 31.8 Å². The van der Waals surface area contributed by atoms with E-state index in [1.807, 2.05) is 0 Å². The quantitative estimate of drug-likeness (QED) is 0.676. The second kappa shape index (κ2) is 6.61. The summed E-state index contributed by atoms with van der Waals surface area (Å²) in [7, 11) is 0. The van der Waals surface area contributed by atoms with Crippen LogP contribution in [0.1, 0.15) is 20.7 Å². The number of nitrogens with zero attached hydrogens (tertiary/aromatic N) is 3. The van der Waals surface area contributed by atoms with Gasteiger partial charge >= 0.3 is 0 Å². The van der Waals surface area contributed by atoms with E-state index in [2.05, 4.69) is 20.9 Å². The Morgan fingerprint density at radius 2 is 1.50 bits per heavy atom. The Balaban J connectivity index is 1.83. The van der Waals surface area contributed by atoms with Crippen molar-refractivity contribution >= 4 is 17.5 Å². The summed E-state index contributed by atoms with van der Waals surface area (Å²) < 4.78 is 1.30. The third-order valence-electron chi connectivity index (χ3n) is 3.22. The third kappa shape index (κ3) is 3.22. The molecule has 8 heteroatoms. The highest BCUT2D eigenvalue weighted by Crippen LogP contribution is 2.20. The van der Waals surface area contributed by atoms with Crippen molar-refractivity contribution in [2.75, 3.05) is 10.7 Å². The topological polar surface area (TPSA) is 109 Å². The average molecular weight is 323 g/mol. The minimum Gasteiger partial charge on any atom is -0.507 e. The van der Waals surface area contributed by atoms with Crippen LogP contribution in [0.4, 0.5) is 5.69 Å². The smallest absolute Gasteiger partial charge is 0.272 e. The second-order valence-electron chi connectivity index (χ2n) is 4.83. The first kappa shape index (κ1) is 15.2. The molecule has 3 rings (SSSR count). The molecule has 3 aromatic rings. The molecule has 24 heavy (non-hydrogen) atoms. The number of anilines is 1. The Morgan fingerprint density at radius 1 is 0.875 bits per heavy atom. The van der Waals surface area contributed by atoms with Crippen LogP contribution < -0.4 is 10.7 Å². The van der Waals surface area contributed by atoms with Gasteiger partial charge in [0.2, 0.25) is 0 Å². The van der Waals surface area contributed by atoms with Gasteiger partial charge in [0.05, 0.1) is 16.8 Å². The monoisotopic (exact) mass is 323 g/mol. The Hall–Kier alpha value is -3.68. The summed E-state index contributed by atoms with van der Waals surface area (Å²) in [5.41, 5.74) is 3.25. The Morgan fingerprint density at radius 3 is 2.21 bits per heavy atom. The standard InChI is InChI=1S/C16H13N5O3/c22-14-8-4-2-6-12(14)15(23)19-13-7-3-1-5-11(13)16(24)20-21-9-17-18-10-21/h1-10,22H,(H,19,23)(H,20,24). The number of hydrogen-bond acceptors (Lipinski definition) is 5. The minimum absolute atomic E-state index is 0.117. The molecule has 0 aliphatic heterocycles. The summed E-state index contributed by atoms with van der Waals surface area (Å²) in [5.74, 6) is -1.10. The predicted octanol–water partition coefficient (Wildman–Crippen LogP) is 1.62. The lowest BCUT2D eigenvalue weighted by Crippen LogP contribution is -2.23. The van der Waals surface area contributed by atoms with Gasteiger partial charge in [0.25, 0.3) is 11.8 Å². The van der Waals surface area contributed by atoms with Crippen LogP contribution in [0, 0.1) is 0 Å². The molecule has 3 N–H and O–H groups in total. The first-order valence-corrected chi connectivity index (χ1v) is 6.99. The third-order valence-corrected chi connectivity index (χ3v) is 3.22. The van der Waals surface area contributed by atoms with Crippen LogP contribution in [0.2, 0.25) is 0 Å². The highest BCUT2D eigenvalue weighted by atomic mass is 16.3. The SMILES string of the molecule is O=C(Nc1ccccc1C(=O)Nn1cnnc1)c1ccccc1O. The van der Waals surface area contributed by atoms with E-state index < -0.39 is 11.8 Å². The van der Waals surface area contributed by atoms with E-state index in [9.17, 15) is 14.7 Å². The minimum atomic E-state index is -0.516. The molecule has 0 radical (unpaired) electrons. The molecule has 1 heterocycles. The predicted molar refractivity (Wildman–Crippen MR) is 86.2 cm³/mol. The van der Waals surface area contributed by atoms with Crippen LogP contribution in [0.25, 0.3) is 0 Å². The summed E-state index contributed by atoms with van der Waals surface area (Å²) in [6.45, 7) is 0. The second-order valence-corrected chi connectivity index (χ2v) is 4.83. The van der Waals surface area contributed by atoms with Gasteiger partial charge in [-0.3, -0.25) is 15.0 Å². The van der Waals surface area contributed by atoms with Crippen LogP contribution in [0.5, 0.6) is 5.75 Å². The summed E-state index contributed by atoms with van der Waals surface area (Å²) in [4.78, 5) is 24.6. The van der Waals surface area contributed by atoms with Crippen molar-refractivity contribution in [1.29, 1.82) is 0 Å². The molecular weight excluding hydrogens is 310 g/mol. The van der Waals surface area contributed by atoms with Crippen molar-refractivity contribution in [2.45, 2.75) is 0 Å².